The molecule has 3 aliphatic rings. The van der Waals surface area contributed by atoms with Gasteiger partial charge in [-0.05, 0) is 48.2 Å². The lowest BCUT2D eigenvalue weighted by Gasteiger charge is -2.34. The summed E-state index contributed by atoms with van der Waals surface area (Å²) in [5.41, 5.74) is 2.04. The molecule has 0 aliphatic carbocycles. The van der Waals surface area contributed by atoms with E-state index in [1.165, 1.54) is 12.1 Å². The van der Waals surface area contributed by atoms with Gasteiger partial charge in [-0.2, -0.15) is 0 Å². The van der Waals surface area contributed by atoms with Gasteiger partial charge >= 0.3 is 0 Å². The molecule has 3 heterocycles. The minimum Gasteiger partial charge on any atom is -0.486 e. The molecule has 164 valence electrons. The number of fused-ring (bicyclic) bond motifs is 1. The number of hydrogen-bond donors (Lipinski definition) is 0. The zero-order valence-electron chi connectivity index (χ0n) is 17.5. The van der Waals surface area contributed by atoms with Gasteiger partial charge in [-0.25, -0.2) is 4.39 Å². The number of halogens is 1. The third kappa shape index (κ3) is 4.38. The van der Waals surface area contributed by atoms with Crippen LogP contribution in [0, 0.1) is 5.82 Å². The Morgan fingerprint density at radius 3 is 2.58 bits per heavy atom. The maximum absolute atomic E-state index is 13.2. The van der Waals surface area contributed by atoms with Crippen LogP contribution in [0.15, 0.2) is 42.5 Å². The summed E-state index contributed by atoms with van der Waals surface area (Å²) in [7, 11) is 0. The monoisotopic (exact) mass is 426 g/mol. The molecule has 6 nitrogen and oxygen atoms in total. The molecule has 2 aromatic rings. The van der Waals surface area contributed by atoms with Gasteiger partial charge in [0.2, 0.25) is 5.91 Å². The largest absolute Gasteiger partial charge is 0.486 e. The summed E-state index contributed by atoms with van der Waals surface area (Å²) in [4.78, 5) is 17.3. The first-order valence-electron chi connectivity index (χ1n) is 11.0. The van der Waals surface area contributed by atoms with Crippen molar-refractivity contribution in [1.82, 2.24) is 9.80 Å². The summed E-state index contributed by atoms with van der Waals surface area (Å²) >= 11 is 0. The lowest BCUT2D eigenvalue weighted by Crippen LogP contribution is -2.45. The fraction of sp³-hybridized carbons (Fsp3) is 0.458. The standard InChI is InChI=1S/C24H27FN2O4/c25-19-6-3-17(4-7-19)23-15-26(10-11-29-23)16-24(28)27-9-1-2-20(27)18-5-8-21-22(14-18)31-13-12-30-21/h3-8,14,20,23H,1-2,9-13,15-16H2. The van der Waals surface area contributed by atoms with E-state index in [0.29, 0.717) is 39.5 Å². The fourth-order valence-electron chi connectivity index (χ4n) is 4.69. The Bertz CT molecular complexity index is 936. The van der Waals surface area contributed by atoms with E-state index < -0.39 is 0 Å². The Morgan fingerprint density at radius 1 is 0.968 bits per heavy atom. The molecule has 0 bridgehead atoms. The minimum absolute atomic E-state index is 0.0669. The van der Waals surface area contributed by atoms with E-state index in [9.17, 15) is 9.18 Å². The second-order valence-electron chi connectivity index (χ2n) is 8.29. The van der Waals surface area contributed by atoms with E-state index in [4.69, 9.17) is 14.2 Å². The van der Waals surface area contributed by atoms with Gasteiger partial charge in [0, 0.05) is 19.6 Å². The molecule has 0 radical (unpaired) electrons. The molecule has 2 saturated heterocycles. The average molecular weight is 426 g/mol. The highest BCUT2D eigenvalue weighted by Gasteiger charge is 2.33. The van der Waals surface area contributed by atoms with E-state index in [0.717, 1.165) is 42.0 Å². The molecule has 2 aromatic carbocycles. The summed E-state index contributed by atoms with van der Waals surface area (Å²) in [6.45, 7) is 4.15. The zero-order valence-corrected chi connectivity index (χ0v) is 17.5. The van der Waals surface area contributed by atoms with E-state index in [2.05, 4.69) is 4.90 Å². The van der Waals surface area contributed by atoms with Crippen molar-refractivity contribution in [3.63, 3.8) is 0 Å². The molecule has 2 fully saturated rings. The van der Waals surface area contributed by atoms with Crippen LogP contribution in [0.3, 0.4) is 0 Å². The second kappa shape index (κ2) is 8.85. The average Bonchev–Trinajstić information content (AvgIpc) is 3.30. The van der Waals surface area contributed by atoms with Crippen molar-refractivity contribution in [2.24, 2.45) is 0 Å². The van der Waals surface area contributed by atoms with Crippen molar-refractivity contribution in [1.29, 1.82) is 0 Å². The van der Waals surface area contributed by atoms with Crippen molar-refractivity contribution < 1.29 is 23.4 Å². The number of likely N-dealkylation sites (tertiary alicyclic amines) is 1. The van der Waals surface area contributed by atoms with Gasteiger partial charge in [0.05, 0.1) is 25.3 Å². The highest BCUT2D eigenvalue weighted by atomic mass is 19.1. The molecule has 31 heavy (non-hydrogen) atoms. The molecule has 0 spiro atoms. The quantitative estimate of drug-likeness (QED) is 0.751. The molecule has 5 rings (SSSR count). The van der Waals surface area contributed by atoms with E-state index in [1.807, 2.05) is 23.1 Å². The summed E-state index contributed by atoms with van der Waals surface area (Å²) in [5.74, 6) is 1.41. The molecular formula is C24H27FN2O4. The first-order chi connectivity index (χ1) is 15.2. The van der Waals surface area contributed by atoms with Crippen molar-refractivity contribution in [3.8, 4) is 11.5 Å². The normalized spacial score (nSPS) is 23.7. The highest BCUT2D eigenvalue weighted by molar-refractivity contribution is 5.79. The summed E-state index contributed by atoms with van der Waals surface area (Å²) in [5, 5.41) is 0. The molecular weight excluding hydrogens is 399 g/mol. The van der Waals surface area contributed by atoms with Crippen LogP contribution in [0.5, 0.6) is 11.5 Å². The molecule has 0 N–H and O–H groups in total. The Hall–Kier alpha value is -2.64. The first kappa shape index (κ1) is 20.3. The number of rotatable bonds is 4. The number of carbonyl (C=O) groups is 1. The third-order valence-electron chi connectivity index (χ3n) is 6.28. The molecule has 3 aliphatic heterocycles. The maximum atomic E-state index is 13.2. The van der Waals surface area contributed by atoms with Crippen LogP contribution in [0.25, 0.3) is 0 Å². The first-order valence-corrected chi connectivity index (χ1v) is 11.0. The predicted octanol–water partition coefficient (Wildman–Crippen LogP) is 3.33. The number of nitrogens with zero attached hydrogens (tertiary/aromatic N) is 2. The number of carbonyl (C=O) groups excluding carboxylic acids is 1. The number of morpholine rings is 1. The van der Waals surface area contributed by atoms with Crippen LogP contribution in [0.2, 0.25) is 0 Å². The van der Waals surface area contributed by atoms with Gasteiger partial charge < -0.3 is 19.1 Å². The number of benzene rings is 2. The van der Waals surface area contributed by atoms with Gasteiger partial charge in [0.25, 0.3) is 0 Å². The number of hydrogen-bond acceptors (Lipinski definition) is 5. The Labute approximate surface area is 181 Å². The van der Waals surface area contributed by atoms with Crippen LogP contribution >= 0.6 is 0 Å². The number of ether oxygens (including phenoxy) is 3. The van der Waals surface area contributed by atoms with Crippen LogP contribution in [0.1, 0.15) is 36.1 Å². The third-order valence-corrected chi connectivity index (χ3v) is 6.28. The van der Waals surface area contributed by atoms with Gasteiger partial charge in [0.15, 0.2) is 11.5 Å². The van der Waals surface area contributed by atoms with Gasteiger partial charge in [-0.3, -0.25) is 9.69 Å². The van der Waals surface area contributed by atoms with Gasteiger partial charge in [-0.15, -0.1) is 0 Å². The van der Waals surface area contributed by atoms with Gasteiger partial charge in [-0.1, -0.05) is 18.2 Å². The molecule has 1 amide bonds. The predicted molar refractivity (Wildman–Crippen MR) is 113 cm³/mol. The van der Waals surface area contributed by atoms with Crippen molar-refractivity contribution >= 4 is 5.91 Å². The highest BCUT2D eigenvalue weighted by Crippen LogP contribution is 2.38. The van der Waals surface area contributed by atoms with E-state index >= 15 is 0 Å². The zero-order chi connectivity index (χ0) is 21.2. The van der Waals surface area contributed by atoms with Crippen molar-refractivity contribution in [3.05, 3.63) is 59.4 Å². The second-order valence-corrected chi connectivity index (χ2v) is 8.29. The SMILES string of the molecule is O=C(CN1CCOC(c2ccc(F)cc2)C1)N1CCCC1c1ccc2c(c1)OCCO2. The Morgan fingerprint density at radius 2 is 1.74 bits per heavy atom. The fourth-order valence-corrected chi connectivity index (χ4v) is 4.69. The lowest BCUT2D eigenvalue weighted by atomic mass is 10.0. The van der Waals surface area contributed by atoms with Crippen molar-refractivity contribution in [2.45, 2.75) is 25.0 Å². The minimum atomic E-state index is -0.259. The summed E-state index contributed by atoms with van der Waals surface area (Å²) < 4.78 is 30.5. The number of amides is 1. The van der Waals surface area contributed by atoms with E-state index in [-0.39, 0.29) is 23.9 Å². The van der Waals surface area contributed by atoms with Gasteiger partial charge in [0.1, 0.15) is 19.0 Å². The smallest absolute Gasteiger partial charge is 0.237 e. The molecule has 0 aromatic heterocycles. The molecule has 0 saturated carbocycles. The Balaban J connectivity index is 1.24. The van der Waals surface area contributed by atoms with Crippen LogP contribution in [-0.4, -0.2) is 61.7 Å². The summed E-state index contributed by atoms with van der Waals surface area (Å²) in [6, 6.07) is 12.5. The molecule has 2 atom stereocenters. The van der Waals surface area contributed by atoms with Crippen LogP contribution < -0.4 is 9.47 Å². The van der Waals surface area contributed by atoms with Crippen LogP contribution in [0.4, 0.5) is 4.39 Å². The van der Waals surface area contributed by atoms with Crippen molar-refractivity contribution in [2.75, 3.05) is 46.0 Å². The summed E-state index contributed by atoms with van der Waals surface area (Å²) in [6.07, 6.45) is 1.80. The lowest BCUT2D eigenvalue weighted by molar-refractivity contribution is -0.135. The van der Waals surface area contributed by atoms with Crippen LogP contribution in [-0.2, 0) is 9.53 Å². The topological polar surface area (TPSA) is 51.2 Å². The molecule has 7 heteroatoms. The van der Waals surface area contributed by atoms with E-state index in [1.54, 1.807) is 12.1 Å². The maximum Gasteiger partial charge on any atom is 0.237 e. The molecule has 2 unspecified atom stereocenters. The Kier molecular flexibility index (Phi) is 5.78.